The average molecular weight is 394 g/mol. The van der Waals surface area contributed by atoms with Gasteiger partial charge in [0.25, 0.3) is 5.91 Å². The molecule has 0 heterocycles. The third kappa shape index (κ3) is 4.56. The highest BCUT2D eigenvalue weighted by Crippen LogP contribution is 2.27. The summed E-state index contributed by atoms with van der Waals surface area (Å²) in [6, 6.07) is 11.4. The first-order valence-corrected chi connectivity index (χ1v) is 10.7. The van der Waals surface area contributed by atoms with Crippen LogP contribution in [-0.2, 0) is 9.84 Å². The molecule has 0 spiro atoms. The Kier molecular flexibility index (Phi) is 5.53. The van der Waals surface area contributed by atoms with Gasteiger partial charge in [-0.25, -0.2) is 8.42 Å². The lowest BCUT2D eigenvalue weighted by atomic mass is 10.2. The standard InChI is InChI=1S/C19H20ClNO4S/c1-26(23,24)18-11-13(9-10-17(18)20)19(22)21-14-5-4-8-16(12-14)25-15-6-2-3-7-15/h4-5,8-12,15H,2-3,6-7H2,1H3,(H,21,22). The summed E-state index contributed by atoms with van der Waals surface area (Å²) in [6.45, 7) is 0. The maximum atomic E-state index is 12.5. The summed E-state index contributed by atoms with van der Waals surface area (Å²) in [5, 5.41) is 2.86. The normalized spacial score (nSPS) is 15.0. The van der Waals surface area contributed by atoms with Crippen LogP contribution in [0.1, 0.15) is 36.0 Å². The third-order valence-corrected chi connectivity index (χ3v) is 5.87. The number of amides is 1. The number of rotatable bonds is 5. The van der Waals surface area contributed by atoms with Gasteiger partial charge < -0.3 is 10.1 Å². The molecule has 26 heavy (non-hydrogen) atoms. The van der Waals surface area contributed by atoms with Gasteiger partial charge in [-0.3, -0.25) is 4.79 Å². The minimum atomic E-state index is -3.51. The molecule has 0 unspecified atom stereocenters. The summed E-state index contributed by atoms with van der Waals surface area (Å²) in [6.07, 6.45) is 5.75. The van der Waals surface area contributed by atoms with Crippen LogP contribution in [0, 0.1) is 0 Å². The Morgan fingerprint density at radius 3 is 2.58 bits per heavy atom. The van der Waals surface area contributed by atoms with Crippen molar-refractivity contribution in [2.45, 2.75) is 36.7 Å². The molecule has 1 amide bonds. The van der Waals surface area contributed by atoms with E-state index in [1.54, 1.807) is 12.1 Å². The van der Waals surface area contributed by atoms with Crippen LogP contribution in [-0.4, -0.2) is 26.7 Å². The third-order valence-electron chi connectivity index (χ3n) is 4.29. The van der Waals surface area contributed by atoms with E-state index in [1.807, 2.05) is 12.1 Å². The van der Waals surface area contributed by atoms with Crippen molar-refractivity contribution in [3.63, 3.8) is 0 Å². The number of hydrogen-bond donors (Lipinski definition) is 1. The second kappa shape index (κ2) is 7.68. The number of ether oxygens (including phenoxy) is 1. The molecule has 1 aliphatic carbocycles. The van der Waals surface area contributed by atoms with E-state index in [4.69, 9.17) is 16.3 Å². The Bertz CT molecular complexity index is 921. The van der Waals surface area contributed by atoms with Gasteiger partial charge in [0.15, 0.2) is 9.84 Å². The second-order valence-corrected chi connectivity index (χ2v) is 8.81. The van der Waals surface area contributed by atoms with Crippen molar-refractivity contribution in [1.82, 2.24) is 0 Å². The van der Waals surface area contributed by atoms with E-state index in [9.17, 15) is 13.2 Å². The van der Waals surface area contributed by atoms with Crippen molar-refractivity contribution in [3.8, 4) is 5.75 Å². The Morgan fingerprint density at radius 1 is 1.15 bits per heavy atom. The molecule has 7 heteroatoms. The van der Waals surface area contributed by atoms with Crippen LogP contribution in [0.3, 0.4) is 0 Å². The first kappa shape index (κ1) is 18.7. The highest BCUT2D eigenvalue weighted by atomic mass is 35.5. The van der Waals surface area contributed by atoms with Crippen molar-refractivity contribution >= 4 is 33.0 Å². The zero-order chi connectivity index (χ0) is 18.7. The maximum Gasteiger partial charge on any atom is 0.255 e. The topological polar surface area (TPSA) is 72.5 Å². The fourth-order valence-corrected chi connectivity index (χ4v) is 4.28. The van der Waals surface area contributed by atoms with Gasteiger partial charge in [-0.1, -0.05) is 17.7 Å². The minimum absolute atomic E-state index is 0.0647. The van der Waals surface area contributed by atoms with E-state index in [0.717, 1.165) is 19.1 Å². The van der Waals surface area contributed by atoms with Gasteiger partial charge in [0.05, 0.1) is 16.0 Å². The zero-order valence-corrected chi connectivity index (χ0v) is 15.9. The fourth-order valence-electron chi connectivity index (χ4n) is 2.98. The molecule has 2 aromatic rings. The van der Waals surface area contributed by atoms with Crippen LogP contribution in [0.4, 0.5) is 5.69 Å². The Hall–Kier alpha value is -2.05. The summed E-state index contributed by atoms with van der Waals surface area (Å²) in [5.41, 5.74) is 0.804. The van der Waals surface area contributed by atoms with E-state index >= 15 is 0 Å². The molecule has 0 atom stereocenters. The van der Waals surface area contributed by atoms with Crippen LogP contribution in [0.15, 0.2) is 47.4 Å². The van der Waals surface area contributed by atoms with E-state index in [0.29, 0.717) is 11.4 Å². The van der Waals surface area contributed by atoms with Crippen molar-refractivity contribution in [2.75, 3.05) is 11.6 Å². The number of carbonyl (C=O) groups excluding carboxylic acids is 1. The summed E-state index contributed by atoms with van der Waals surface area (Å²) in [7, 11) is -3.51. The smallest absolute Gasteiger partial charge is 0.255 e. The molecule has 0 radical (unpaired) electrons. The minimum Gasteiger partial charge on any atom is -0.490 e. The molecule has 0 aliphatic heterocycles. The molecule has 3 rings (SSSR count). The van der Waals surface area contributed by atoms with Gasteiger partial charge in [0.1, 0.15) is 5.75 Å². The van der Waals surface area contributed by atoms with Crippen LogP contribution < -0.4 is 10.1 Å². The average Bonchev–Trinajstić information content (AvgIpc) is 3.07. The first-order valence-electron chi connectivity index (χ1n) is 8.40. The lowest BCUT2D eigenvalue weighted by molar-refractivity contribution is 0.102. The highest BCUT2D eigenvalue weighted by Gasteiger charge is 2.18. The van der Waals surface area contributed by atoms with E-state index in [2.05, 4.69) is 5.32 Å². The predicted molar refractivity (Wildman–Crippen MR) is 102 cm³/mol. The molecule has 0 bridgehead atoms. The summed E-state index contributed by atoms with van der Waals surface area (Å²) >= 11 is 5.92. The number of nitrogens with one attached hydrogen (secondary N) is 1. The van der Waals surface area contributed by atoms with Crippen molar-refractivity contribution in [2.24, 2.45) is 0 Å². The monoisotopic (exact) mass is 393 g/mol. The van der Waals surface area contributed by atoms with Crippen LogP contribution in [0.25, 0.3) is 0 Å². The summed E-state index contributed by atoms with van der Waals surface area (Å²) in [4.78, 5) is 12.4. The fraction of sp³-hybridized carbons (Fsp3) is 0.316. The van der Waals surface area contributed by atoms with Gasteiger partial charge in [-0.05, 0) is 56.0 Å². The molecule has 2 aromatic carbocycles. The van der Waals surface area contributed by atoms with Crippen molar-refractivity contribution < 1.29 is 17.9 Å². The van der Waals surface area contributed by atoms with Gasteiger partial charge in [0, 0.05) is 23.6 Å². The van der Waals surface area contributed by atoms with Gasteiger partial charge in [-0.2, -0.15) is 0 Å². The van der Waals surface area contributed by atoms with E-state index < -0.39 is 15.7 Å². The summed E-state index contributed by atoms with van der Waals surface area (Å²) in [5.74, 6) is 0.298. The van der Waals surface area contributed by atoms with Crippen molar-refractivity contribution in [1.29, 1.82) is 0 Å². The molecule has 1 saturated carbocycles. The Morgan fingerprint density at radius 2 is 1.88 bits per heavy atom. The predicted octanol–water partition coefficient (Wildman–Crippen LogP) is 4.32. The van der Waals surface area contributed by atoms with E-state index in [1.165, 1.54) is 31.0 Å². The molecule has 1 aliphatic rings. The molecular weight excluding hydrogens is 374 g/mol. The molecule has 1 fully saturated rings. The zero-order valence-electron chi connectivity index (χ0n) is 14.4. The lowest BCUT2D eigenvalue weighted by Crippen LogP contribution is -2.14. The molecule has 0 saturated heterocycles. The number of hydrogen-bond acceptors (Lipinski definition) is 4. The number of sulfone groups is 1. The Balaban J connectivity index is 1.76. The second-order valence-electron chi connectivity index (χ2n) is 6.42. The molecule has 1 N–H and O–H groups in total. The van der Waals surface area contributed by atoms with Crippen LogP contribution in [0.5, 0.6) is 5.75 Å². The number of anilines is 1. The van der Waals surface area contributed by atoms with Crippen LogP contribution in [0.2, 0.25) is 5.02 Å². The lowest BCUT2D eigenvalue weighted by Gasteiger charge is -2.14. The van der Waals surface area contributed by atoms with E-state index in [-0.39, 0.29) is 21.6 Å². The van der Waals surface area contributed by atoms with Gasteiger partial charge in [-0.15, -0.1) is 0 Å². The Labute approximate surface area is 158 Å². The molecule has 0 aromatic heterocycles. The van der Waals surface area contributed by atoms with Gasteiger partial charge >= 0.3 is 0 Å². The number of benzene rings is 2. The highest BCUT2D eigenvalue weighted by molar-refractivity contribution is 7.90. The number of halogens is 1. The quantitative estimate of drug-likeness (QED) is 0.821. The van der Waals surface area contributed by atoms with Crippen molar-refractivity contribution in [3.05, 3.63) is 53.1 Å². The largest absolute Gasteiger partial charge is 0.490 e. The van der Waals surface area contributed by atoms with Gasteiger partial charge in [0.2, 0.25) is 0 Å². The summed E-state index contributed by atoms with van der Waals surface area (Å²) < 4.78 is 29.5. The van der Waals surface area contributed by atoms with Crippen LogP contribution >= 0.6 is 11.6 Å². The SMILES string of the molecule is CS(=O)(=O)c1cc(C(=O)Nc2cccc(OC3CCCC3)c2)ccc1Cl. The molecular formula is C19H20ClNO4S. The first-order chi connectivity index (χ1) is 12.3. The molecule has 138 valence electrons. The number of carbonyl (C=O) groups is 1. The molecule has 5 nitrogen and oxygen atoms in total. The maximum absolute atomic E-state index is 12.5.